The van der Waals surface area contributed by atoms with Gasteiger partial charge in [0, 0.05) is 34.4 Å². The lowest BCUT2D eigenvalue weighted by Crippen LogP contribution is -2.07. The van der Waals surface area contributed by atoms with Crippen LogP contribution in [0.4, 0.5) is 20.4 Å². The molecule has 0 saturated heterocycles. The van der Waals surface area contributed by atoms with Gasteiger partial charge in [0.25, 0.3) is 0 Å². The Hall–Kier alpha value is -2.51. The van der Waals surface area contributed by atoms with E-state index in [4.69, 9.17) is 23.4 Å². The lowest BCUT2D eigenvalue weighted by molar-refractivity contribution is 0.591. The summed E-state index contributed by atoms with van der Waals surface area (Å²) >= 11 is 12.0. The molecule has 5 nitrogen and oxygen atoms in total. The van der Waals surface area contributed by atoms with Crippen LogP contribution >= 0.6 is 23.4 Å². The number of H-pyrrole nitrogens is 1. The highest BCUT2D eigenvalue weighted by molar-refractivity contribution is 6.32. The second kappa shape index (κ2) is 5.79. The topological polar surface area (TPSA) is 57.7 Å². The number of hydrogen-bond donors (Lipinski definition) is 3. The number of aromatic nitrogens is 3. The minimum absolute atomic E-state index is 0.199. The van der Waals surface area contributed by atoms with Crippen molar-refractivity contribution in [1.29, 1.82) is 0 Å². The molecule has 3 N–H and O–H groups in total. The lowest BCUT2D eigenvalue weighted by atomic mass is 10.2. The minimum Gasteiger partial charge on any atom is -0.357 e. The Balaban J connectivity index is 1.88. The summed E-state index contributed by atoms with van der Waals surface area (Å²) in [7, 11) is 0. The summed E-state index contributed by atoms with van der Waals surface area (Å²) in [6.07, 6.45) is 1.53. The van der Waals surface area contributed by atoms with Crippen molar-refractivity contribution < 1.29 is 8.78 Å². The Morgan fingerprint density at radius 1 is 1.24 bits per heavy atom. The maximum absolute atomic E-state index is 13.8. The summed E-state index contributed by atoms with van der Waals surface area (Å²) in [5, 5.41) is 3.97. The molecule has 0 aliphatic carbocycles. The van der Waals surface area contributed by atoms with Crippen molar-refractivity contribution in [3.05, 3.63) is 52.7 Å². The van der Waals surface area contributed by atoms with Gasteiger partial charge in [0.2, 0.25) is 5.95 Å². The second-order valence-electron chi connectivity index (χ2n) is 5.53. The number of aromatic amines is 1. The molecule has 0 atom stereocenters. The number of nitrogens with zero attached hydrogens (tertiary/aromatic N) is 2. The number of halogens is 4. The zero-order valence-electron chi connectivity index (χ0n) is 12.8. The molecule has 0 saturated carbocycles. The van der Waals surface area contributed by atoms with Crippen LogP contribution in [0.15, 0.2) is 30.5 Å². The number of anilines is 2. The van der Waals surface area contributed by atoms with Crippen LogP contribution in [0.25, 0.3) is 21.9 Å². The maximum atomic E-state index is 13.8. The van der Waals surface area contributed by atoms with Crippen LogP contribution in [-0.2, 0) is 0 Å². The third kappa shape index (κ3) is 2.47. The fourth-order valence-electron chi connectivity index (χ4n) is 2.80. The smallest absolute Gasteiger partial charge is 0.228 e. The molecule has 4 aromatic rings. The number of hydrogen-bond acceptors (Lipinski definition) is 3. The van der Waals surface area contributed by atoms with Crippen molar-refractivity contribution in [2.75, 3.05) is 10.3 Å². The fourth-order valence-corrected chi connectivity index (χ4v) is 3.12. The van der Waals surface area contributed by atoms with Crippen LogP contribution < -0.4 is 10.3 Å². The average Bonchev–Trinajstić information content (AvgIpc) is 3.13. The third-order valence-electron chi connectivity index (χ3n) is 4.05. The number of aryl methyl sites for hydroxylation is 1. The summed E-state index contributed by atoms with van der Waals surface area (Å²) in [6.45, 7) is 1.84. The molecular formula is C16H11Cl2F2N5. The van der Waals surface area contributed by atoms with E-state index < -0.39 is 11.6 Å². The molecule has 0 radical (unpaired) electrons. The van der Waals surface area contributed by atoms with Gasteiger partial charge in [0.1, 0.15) is 11.6 Å². The highest BCUT2D eigenvalue weighted by Gasteiger charge is 2.16. The van der Waals surface area contributed by atoms with Gasteiger partial charge in [-0.05, 0) is 30.7 Å². The van der Waals surface area contributed by atoms with Gasteiger partial charge in [0.15, 0.2) is 0 Å². The Labute approximate surface area is 150 Å². The van der Waals surface area contributed by atoms with E-state index in [2.05, 4.69) is 20.2 Å². The first-order chi connectivity index (χ1) is 12.0. The van der Waals surface area contributed by atoms with Gasteiger partial charge in [-0.3, -0.25) is 0 Å². The predicted octanol–water partition coefficient (Wildman–Crippen LogP) is 5.20. The van der Waals surface area contributed by atoms with Gasteiger partial charge in [-0.25, -0.2) is 23.4 Å². The van der Waals surface area contributed by atoms with Crippen molar-refractivity contribution in [1.82, 2.24) is 14.6 Å². The first kappa shape index (κ1) is 16.0. The van der Waals surface area contributed by atoms with Gasteiger partial charge in [-0.15, -0.1) is 0 Å². The van der Waals surface area contributed by atoms with Crippen LogP contribution in [0.2, 0.25) is 5.02 Å². The molecule has 0 unspecified atom stereocenters. The van der Waals surface area contributed by atoms with Crippen LogP contribution in [0, 0.1) is 18.6 Å². The van der Waals surface area contributed by atoms with E-state index in [1.54, 1.807) is 12.1 Å². The molecule has 2 aromatic heterocycles. The number of imidazole rings is 1. The maximum Gasteiger partial charge on any atom is 0.228 e. The summed E-state index contributed by atoms with van der Waals surface area (Å²) in [5.74, 6) is -0.991. The first-order valence-electron chi connectivity index (χ1n) is 7.27. The monoisotopic (exact) mass is 381 g/mol. The van der Waals surface area contributed by atoms with Crippen molar-refractivity contribution >= 4 is 56.9 Å². The number of nitrogens with one attached hydrogen (secondary N) is 3. The summed E-state index contributed by atoms with van der Waals surface area (Å²) < 4.78 is 28.9. The van der Waals surface area contributed by atoms with Gasteiger partial charge < -0.3 is 10.3 Å². The van der Waals surface area contributed by atoms with Gasteiger partial charge in [-0.1, -0.05) is 11.6 Å². The van der Waals surface area contributed by atoms with Crippen molar-refractivity contribution in [3.63, 3.8) is 0 Å². The molecule has 25 heavy (non-hydrogen) atoms. The van der Waals surface area contributed by atoms with Crippen LogP contribution in [0.5, 0.6) is 0 Å². The number of fused-ring (bicyclic) bond motifs is 2. The largest absolute Gasteiger partial charge is 0.357 e. The highest BCUT2D eigenvalue weighted by Crippen LogP contribution is 2.31. The Bertz CT molecular complexity index is 1120. The fraction of sp³-hybridized carbons (Fsp3) is 0.0625. The first-order valence-corrected chi connectivity index (χ1v) is 8.02. The van der Waals surface area contributed by atoms with Crippen LogP contribution in [-0.4, -0.2) is 14.6 Å². The van der Waals surface area contributed by atoms with E-state index in [1.165, 1.54) is 16.9 Å². The molecule has 9 heteroatoms. The number of rotatable bonds is 3. The zero-order chi connectivity index (χ0) is 17.7. The standard InChI is InChI=1S/C16H11Cl2F2N5/c1-7-10(17)2-3-13-14(7)23-16(25(13)24-18)22-12-6-21-15-9(12)4-8(19)5-11(15)20/h2-6,21,24H,1H3,(H,22,23). The molecular weight excluding hydrogens is 371 g/mol. The van der Waals surface area contributed by atoms with Crippen LogP contribution in [0.3, 0.4) is 0 Å². The average molecular weight is 382 g/mol. The SMILES string of the molecule is Cc1c(Cl)ccc2c1nc(Nc1c[nH]c3c(F)cc(F)cc13)n2NCl. The molecule has 0 fully saturated rings. The molecule has 0 bridgehead atoms. The van der Waals surface area contributed by atoms with Crippen molar-refractivity contribution in [3.8, 4) is 0 Å². The predicted molar refractivity (Wildman–Crippen MR) is 96.2 cm³/mol. The summed E-state index contributed by atoms with van der Waals surface area (Å²) in [4.78, 5) is 9.78. The molecule has 0 aliphatic heterocycles. The Morgan fingerprint density at radius 3 is 2.80 bits per heavy atom. The highest BCUT2D eigenvalue weighted by atomic mass is 35.5. The normalized spacial score (nSPS) is 11.4. The van der Waals surface area contributed by atoms with E-state index in [0.29, 0.717) is 33.1 Å². The number of benzene rings is 2. The molecule has 0 amide bonds. The Kier molecular flexibility index (Phi) is 3.70. The van der Waals surface area contributed by atoms with E-state index in [9.17, 15) is 8.78 Å². The third-order valence-corrected chi connectivity index (χ3v) is 4.63. The van der Waals surface area contributed by atoms with E-state index in [0.717, 1.165) is 11.6 Å². The van der Waals surface area contributed by atoms with Crippen LogP contribution in [0.1, 0.15) is 5.56 Å². The quantitative estimate of drug-likeness (QED) is 0.427. The zero-order valence-corrected chi connectivity index (χ0v) is 14.3. The lowest BCUT2D eigenvalue weighted by Gasteiger charge is -2.07. The molecule has 128 valence electrons. The van der Waals surface area contributed by atoms with Gasteiger partial charge >= 0.3 is 0 Å². The minimum atomic E-state index is -0.672. The van der Waals surface area contributed by atoms with E-state index in [-0.39, 0.29) is 5.52 Å². The van der Waals surface area contributed by atoms with Crippen molar-refractivity contribution in [2.24, 2.45) is 0 Å². The molecule has 2 heterocycles. The van der Waals surface area contributed by atoms with E-state index in [1.807, 2.05) is 6.92 Å². The Morgan fingerprint density at radius 2 is 2.04 bits per heavy atom. The van der Waals surface area contributed by atoms with Crippen molar-refractivity contribution in [2.45, 2.75) is 6.92 Å². The second-order valence-corrected chi connectivity index (χ2v) is 6.11. The molecule has 2 aromatic carbocycles. The summed E-state index contributed by atoms with van der Waals surface area (Å²) in [6, 6.07) is 5.57. The van der Waals surface area contributed by atoms with Gasteiger partial charge in [-0.2, -0.15) is 0 Å². The molecule has 0 aliphatic rings. The summed E-state index contributed by atoms with van der Waals surface area (Å²) in [5.41, 5.74) is 2.81. The molecule has 0 spiro atoms. The molecule has 4 rings (SSSR count). The van der Waals surface area contributed by atoms with Gasteiger partial charge in [0.05, 0.1) is 22.2 Å². The van der Waals surface area contributed by atoms with E-state index >= 15 is 0 Å².